The lowest BCUT2D eigenvalue weighted by Gasteiger charge is -2.36. The SMILES string of the molecule is CCC(C)(C)C(=O)OCCOC(=O)CCC(=O)OCO[C@H]1C[C@@H](C)CC[C@H]1C(C)C. The fraction of sp³-hybridized carbons (Fsp3) is 0.870. The summed E-state index contributed by atoms with van der Waals surface area (Å²) >= 11 is 0. The van der Waals surface area contributed by atoms with Crippen LogP contribution in [0.15, 0.2) is 0 Å². The number of carbonyl (C=O) groups excluding carboxylic acids is 3. The molecule has 0 aromatic rings. The molecular formula is C23H40O7. The highest BCUT2D eigenvalue weighted by Gasteiger charge is 2.31. The standard InChI is InChI=1S/C23H40O7/c1-7-23(5,6)22(26)28-13-12-27-20(24)10-11-21(25)30-15-29-19-14-17(4)8-9-18(19)16(2)3/h16-19H,7-15H2,1-6H3/t17-,18-,19-/m0/s1. The van der Waals surface area contributed by atoms with Gasteiger partial charge in [0.25, 0.3) is 0 Å². The third kappa shape index (κ3) is 9.45. The van der Waals surface area contributed by atoms with Gasteiger partial charge < -0.3 is 18.9 Å². The van der Waals surface area contributed by atoms with E-state index in [1.807, 2.05) is 6.92 Å². The minimum Gasteiger partial charge on any atom is -0.462 e. The van der Waals surface area contributed by atoms with Gasteiger partial charge in [0.05, 0.1) is 24.4 Å². The molecule has 0 unspecified atom stereocenters. The van der Waals surface area contributed by atoms with Crippen molar-refractivity contribution in [1.29, 1.82) is 0 Å². The fourth-order valence-corrected chi connectivity index (χ4v) is 3.47. The number of hydrogen-bond donors (Lipinski definition) is 0. The largest absolute Gasteiger partial charge is 0.462 e. The molecule has 174 valence electrons. The lowest BCUT2D eigenvalue weighted by molar-refractivity contribution is -0.169. The van der Waals surface area contributed by atoms with Crippen molar-refractivity contribution in [2.75, 3.05) is 20.0 Å². The molecule has 1 rings (SSSR count). The maximum absolute atomic E-state index is 11.9. The van der Waals surface area contributed by atoms with Crippen LogP contribution in [-0.2, 0) is 33.3 Å². The van der Waals surface area contributed by atoms with Gasteiger partial charge in [-0.15, -0.1) is 0 Å². The molecule has 1 aliphatic rings. The van der Waals surface area contributed by atoms with Gasteiger partial charge in [-0.1, -0.05) is 34.1 Å². The molecule has 0 aliphatic heterocycles. The summed E-state index contributed by atoms with van der Waals surface area (Å²) in [5, 5.41) is 0. The molecule has 0 radical (unpaired) electrons. The maximum Gasteiger partial charge on any atom is 0.311 e. The monoisotopic (exact) mass is 428 g/mol. The van der Waals surface area contributed by atoms with Crippen molar-refractivity contribution in [3.8, 4) is 0 Å². The Labute approximate surface area is 181 Å². The van der Waals surface area contributed by atoms with Crippen LogP contribution in [0.1, 0.15) is 80.1 Å². The molecule has 7 heteroatoms. The zero-order chi connectivity index (χ0) is 22.7. The van der Waals surface area contributed by atoms with Crippen LogP contribution in [0, 0.1) is 23.2 Å². The number of esters is 3. The van der Waals surface area contributed by atoms with Gasteiger partial charge in [0.15, 0.2) is 6.79 Å². The van der Waals surface area contributed by atoms with Crippen molar-refractivity contribution >= 4 is 17.9 Å². The summed E-state index contributed by atoms with van der Waals surface area (Å²) in [6, 6.07) is 0. The number of carbonyl (C=O) groups is 3. The summed E-state index contributed by atoms with van der Waals surface area (Å²) in [7, 11) is 0. The molecule has 3 atom stereocenters. The lowest BCUT2D eigenvalue weighted by atomic mass is 9.75. The second-order valence-electron chi connectivity index (χ2n) is 9.26. The summed E-state index contributed by atoms with van der Waals surface area (Å²) in [4.78, 5) is 35.4. The smallest absolute Gasteiger partial charge is 0.311 e. The van der Waals surface area contributed by atoms with Gasteiger partial charge in [0, 0.05) is 0 Å². The molecule has 0 amide bonds. The van der Waals surface area contributed by atoms with Gasteiger partial charge in [-0.2, -0.15) is 0 Å². The highest BCUT2D eigenvalue weighted by Crippen LogP contribution is 2.35. The minimum absolute atomic E-state index is 0.00309. The average molecular weight is 429 g/mol. The first kappa shape index (κ1) is 26.4. The van der Waals surface area contributed by atoms with Gasteiger partial charge in [-0.05, 0) is 50.9 Å². The average Bonchev–Trinajstić information content (AvgIpc) is 2.69. The normalized spacial score (nSPS) is 21.9. The zero-order valence-electron chi connectivity index (χ0n) is 19.5. The molecular weight excluding hydrogens is 388 g/mol. The molecule has 1 saturated carbocycles. The summed E-state index contributed by atoms with van der Waals surface area (Å²) < 4.78 is 21.0. The first-order valence-electron chi connectivity index (χ1n) is 11.2. The van der Waals surface area contributed by atoms with Crippen molar-refractivity contribution in [1.82, 2.24) is 0 Å². The minimum atomic E-state index is -0.555. The number of rotatable bonds is 12. The Morgan fingerprint density at radius 1 is 0.967 bits per heavy atom. The highest BCUT2D eigenvalue weighted by atomic mass is 16.7. The van der Waals surface area contributed by atoms with E-state index < -0.39 is 17.4 Å². The number of hydrogen-bond acceptors (Lipinski definition) is 7. The van der Waals surface area contributed by atoms with Crippen LogP contribution in [0.25, 0.3) is 0 Å². The summed E-state index contributed by atoms with van der Waals surface area (Å²) in [5.74, 6) is 0.277. The van der Waals surface area contributed by atoms with Crippen LogP contribution in [0.4, 0.5) is 0 Å². The molecule has 30 heavy (non-hydrogen) atoms. The second kappa shape index (κ2) is 12.9. The third-order valence-corrected chi connectivity index (χ3v) is 6.01. The molecule has 0 aromatic carbocycles. The molecule has 0 saturated heterocycles. The van der Waals surface area contributed by atoms with Crippen molar-refractivity contribution in [2.24, 2.45) is 23.2 Å². The van der Waals surface area contributed by atoms with Gasteiger partial charge in [-0.25, -0.2) is 0 Å². The van der Waals surface area contributed by atoms with E-state index in [2.05, 4.69) is 20.8 Å². The number of ether oxygens (including phenoxy) is 4. The van der Waals surface area contributed by atoms with Crippen LogP contribution >= 0.6 is 0 Å². The Morgan fingerprint density at radius 3 is 2.17 bits per heavy atom. The maximum atomic E-state index is 11.9. The molecule has 0 heterocycles. The topological polar surface area (TPSA) is 88.1 Å². The van der Waals surface area contributed by atoms with Gasteiger partial charge in [-0.3, -0.25) is 14.4 Å². The van der Waals surface area contributed by atoms with E-state index in [9.17, 15) is 14.4 Å². The van der Waals surface area contributed by atoms with E-state index in [1.165, 1.54) is 6.42 Å². The first-order valence-corrected chi connectivity index (χ1v) is 11.2. The van der Waals surface area contributed by atoms with Crippen LogP contribution in [0.5, 0.6) is 0 Å². The Balaban J connectivity index is 2.17. The predicted octanol–water partition coefficient (Wildman–Crippen LogP) is 4.27. The van der Waals surface area contributed by atoms with Crippen molar-refractivity contribution in [3.05, 3.63) is 0 Å². The van der Waals surface area contributed by atoms with Gasteiger partial charge >= 0.3 is 17.9 Å². The van der Waals surface area contributed by atoms with Crippen LogP contribution in [-0.4, -0.2) is 44.0 Å². The quantitative estimate of drug-likeness (QED) is 0.198. The predicted molar refractivity (Wildman–Crippen MR) is 112 cm³/mol. The van der Waals surface area contributed by atoms with E-state index in [0.717, 1.165) is 12.8 Å². The summed E-state index contributed by atoms with van der Waals surface area (Å²) in [6.07, 6.45) is 3.94. The Bertz CT molecular complexity index is 556. The van der Waals surface area contributed by atoms with Crippen molar-refractivity contribution in [3.63, 3.8) is 0 Å². The van der Waals surface area contributed by atoms with Gasteiger partial charge in [0.2, 0.25) is 0 Å². The third-order valence-electron chi connectivity index (χ3n) is 6.01. The Kier molecular flexibility index (Phi) is 11.4. The van der Waals surface area contributed by atoms with Crippen LogP contribution in [0.2, 0.25) is 0 Å². The van der Waals surface area contributed by atoms with E-state index in [1.54, 1.807) is 13.8 Å². The highest BCUT2D eigenvalue weighted by molar-refractivity contribution is 5.77. The van der Waals surface area contributed by atoms with Crippen molar-refractivity contribution in [2.45, 2.75) is 86.2 Å². The Hall–Kier alpha value is -1.63. The van der Waals surface area contributed by atoms with Gasteiger partial charge in [0.1, 0.15) is 13.2 Å². The molecule has 0 bridgehead atoms. The van der Waals surface area contributed by atoms with Crippen molar-refractivity contribution < 1.29 is 33.3 Å². The Morgan fingerprint density at radius 2 is 1.57 bits per heavy atom. The molecule has 0 aromatic heterocycles. The van der Waals surface area contributed by atoms with Crippen LogP contribution in [0.3, 0.4) is 0 Å². The van der Waals surface area contributed by atoms with E-state index in [4.69, 9.17) is 18.9 Å². The molecule has 1 aliphatic carbocycles. The summed E-state index contributed by atoms with van der Waals surface area (Å²) in [6.45, 7) is 12.0. The van der Waals surface area contributed by atoms with E-state index in [-0.39, 0.29) is 44.9 Å². The zero-order valence-corrected chi connectivity index (χ0v) is 19.5. The summed E-state index contributed by atoms with van der Waals surface area (Å²) in [5.41, 5.74) is -0.555. The molecule has 1 fully saturated rings. The first-order chi connectivity index (χ1) is 14.1. The fourth-order valence-electron chi connectivity index (χ4n) is 3.47. The lowest BCUT2D eigenvalue weighted by Crippen LogP contribution is -2.35. The van der Waals surface area contributed by atoms with E-state index in [0.29, 0.717) is 24.2 Å². The van der Waals surface area contributed by atoms with E-state index >= 15 is 0 Å². The second-order valence-corrected chi connectivity index (χ2v) is 9.26. The van der Waals surface area contributed by atoms with Crippen LogP contribution < -0.4 is 0 Å². The molecule has 7 nitrogen and oxygen atoms in total. The molecule has 0 spiro atoms. The molecule has 0 N–H and O–H groups in total.